The number of nitrogens with zero attached hydrogens (tertiary/aromatic N) is 1. The number of likely N-dealkylation sites (N-methyl/N-ethyl adjacent to an activating group) is 1. The van der Waals surface area contributed by atoms with Gasteiger partial charge < -0.3 is 9.88 Å². The molecular weight excluding hydrogens is 196 g/mol. The number of aryl methyl sites for hydroxylation is 2. The van der Waals surface area contributed by atoms with E-state index in [1.54, 1.807) is 0 Å². The second-order valence-corrected chi connectivity index (χ2v) is 4.60. The third-order valence-corrected chi connectivity index (χ3v) is 3.37. The topological polar surface area (TPSA) is 17.0 Å². The maximum atomic E-state index is 3.29. The molecule has 1 N–H and O–H groups in total. The molecule has 16 heavy (non-hydrogen) atoms. The lowest BCUT2D eigenvalue weighted by molar-refractivity contribution is 0.591. The van der Waals surface area contributed by atoms with Crippen molar-refractivity contribution in [1.29, 1.82) is 0 Å². The first-order valence-corrected chi connectivity index (χ1v) is 5.84. The first-order chi connectivity index (χ1) is 7.63. The van der Waals surface area contributed by atoms with Crippen LogP contribution in [0, 0.1) is 6.92 Å². The van der Waals surface area contributed by atoms with E-state index in [0.717, 1.165) is 6.42 Å². The summed E-state index contributed by atoms with van der Waals surface area (Å²) in [4.78, 5) is 0. The Morgan fingerprint density at radius 3 is 2.75 bits per heavy atom. The van der Waals surface area contributed by atoms with E-state index < -0.39 is 0 Å². The van der Waals surface area contributed by atoms with E-state index in [2.05, 4.69) is 55.0 Å². The Morgan fingerprint density at radius 2 is 2.12 bits per heavy atom. The molecule has 2 heteroatoms. The fraction of sp³-hybridized carbons (Fsp3) is 0.429. The van der Waals surface area contributed by atoms with E-state index in [1.165, 1.54) is 22.2 Å². The van der Waals surface area contributed by atoms with Gasteiger partial charge in [0, 0.05) is 30.6 Å². The van der Waals surface area contributed by atoms with E-state index in [-0.39, 0.29) is 0 Å². The van der Waals surface area contributed by atoms with Crippen LogP contribution < -0.4 is 5.32 Å². The number of para-hydroxylation sites is 1. The maximum Gasteiger partial charge on any atom is 0.0509 e. The van der Waals surface area contributed by atoms with E-state index in [0.29, 0.717) is 6.04 Å². The van der Waals surface area contributed by atoms with Gasteiger partial charge in [-0.25, -0.2) is 0 Å². The molecule has 0 aliphatic carbocycles. The van der Waals surface area contributed by atoms with Gasteiger partial charge in [-0.2, -0.15) is 0 Å². The number of hydrogen-bond donors (Lipinski definition) is 1. The van der Waals surface area contributed by atoms with E-state index in [9.17, 15) is 0 Å². The van der Waals surface area contributed by atoms with Crippen LogP contribution in [-0.2, 0) is 13.5 Å². The van der Waals surface area contributed by atoms with E-state index >= 15 is 0 Å². The molecule has 2 rings (SSSR count). The first kappa shape index (κ1) is 11.2. The predicted molar refractivity (Wildman–Crippen MR) is 69.9 cm³/mol. The molecule has 0 fully saturated rings. The van der Waals surface area contributed by atoms with Crippen LogP contribution in [0.25, 0.3) is 10.9 Å². The number of benzene rings is 1. The summed E-state index contributed by atoms with van der Waals surface area (Å²) in [5, 5.41) is 4.63. The van der Waals surface area contributed by atoms with Gasteiger partial charge in [0.15, 0.2) is 0 Å². The number of rotatable bonds is 3. The third-order valence-electron chi connectivity index (χ3n) is 3.37. The highest BCUT2D eigenvalue weighted by atomic mass is 15.0. The highest BCUT2D eigenvalue weighted by Crippen LogP contribution is 2.22. The van der Waals surface area contributed by atoms with Crippen LogP contribution in [0.3, 0.4) is 0 Å². The monoisotopic (exact) mass is 216 g/mol. The Kier molecular flexibility index (Phi) is 3.01. The van der Waals surface area contributed by atoms with Crippen molar-refractivity contribution < 1.29 is 0 Å². The molecule has 1 unspecified atom stereocenters. The lowest BCUT2D eigenvalue weighted by Crippen LogP contribution is -2.24. The minimum atomic E-state index is 0.517. The Labute approximate surface area is 97.3 Å². The molecule has 0 spiro atoms. The molecule has 1 atom stereocenters. The standard InChI is InChI=1S/C14H20N2/c1-10-6-5-7-12-9-13(8-11(2)15-3)16(4)14(10)12/h5-7,9,11,15H,8H2,1-4H3. The summed E-state index contributed by atoms with van der Waals surface area (Å²) >= 11 is 0. The summed E-state index contributed by atoms with van der Waals surface area (Å²) < 4.78 is 2.32. The quantitative estimate of drug-likeness (QED) is 0.834. The predicted octanol–water partition coefficient (Wildman–Crippen LogP) is 2.64. The SMILES string of the molecule is CNC(C)Cc1cc2cccc(C)c2n1C. The van der Waals surface area contributed by atoms with Gasteiger partial charge in [-0.15, -0.1) is 0 Å². The second-order valence-electron chi connectivity index (χ2n) is 4.60. The number of fused-ring (bicyclic) bond motifs is 1. The molecule has 0 bridgehead atoms. The van der Waals surface area contributed by atoms with Crippen LogP contribution in [-0.4, -0.2) is 17.7 Å². The van der Waals surface area contributed by atoms with Gasteiger partial charge in [-0.1, -0.05) is 18.2 Å². The molecule has 0 aliphatic heterocycles. The lowest BCUT2D eigenvalue weighted by atomic mass is 10.1. The molecule has 1 heterocycles. The summed E-state index contributed by atoms with van der Waals surface area (Å²) in [5.74, 6) is 0. The van der Waals surface area contributed by atoms with Crippen molar-refractivity contribution in [3.8, 4) is 0 Å². The van der Waals surface area contributed by atoms with Gasteiger partial charge in [-0.05, 0) is 32.5 Å². The van der Waals surface area contributed by atoms with Gasteiger partial charge >= 0.3 is 0 Å². The van der Waals surface area contributed by atoms with Crippen LogP contribution in [0.2, 0.25) is 0 Å². The van der Waals surface area contributed by atoms with Crippen molar-refractivity contribution in [2.45, 2.75) is 26.3 Å². The Hall–Kier alpha value is -1.28. The highest BCUT2D eigenvalue weighted by Gasteiger charge is 2.09. The zero-order valence-electron chi connectivity index (χ0n) is 10.5. The molecule has 0 aliphatic rings. The average Bonchev–Trinajstić information content (AvgIpc) is 2.57. The zero-order chi connectivity index (χ0) is 11.7. The minimum Gasteiger partial charge on any atom is -0.347 e. The largest absolute Gasteiger partial charge is 0.347 e. The zero-order valence-corrected chi connectivity index (χ0v) is 10.5. The van der Waals surface area contributed by atoms with Gasteiger partial charge in [0.25, 0.3) is 0 Å². The molecule has 2 nitrogen and oxygen atoms in total. The van der Waals surface area contributed by atoms with Crippen molar-refractivity contribution in [2.24, 2.45) is 7.05 Å². The van der Waals surface area contributed by atoms with E-state index in [4.69, 9.17) is 0 Å². The van der Waals surface area contributed by atoms with Crippen LogP contribution >= 0.6 is 0 Å². The summed E-state index contributed by atoms with van der Waals surface area (Å²) in [6, 6.07) is 9.31. The molecular formula is C14H20N2. The number of hydrogen-bond acceptors (Lipinski definition) is 1. The van der Waals surface area contributed by atoms with E-state index in [1.807, 2.05) is 7.05 Å². The smallest absolute Gasteiger partial charge is 0.0509 e. The van der Waals surface area contributed by atoms with Crippen molar-refractivity contribution in [2.75, 3.05) is 7.05 Å². The molecule has 1 aromatic carbocycles. The molecule has 86 valence electrons. The third kappa shape index (κ3) is 1.85. The van der Waals surface area contributed by atoms with Gasteiger partial charge in [-0.3, -0.25) is 0 Å². The minimum absolute atomic E-state index is 0.517. The Balaban J connectivity index is 2.48. The normalized spacial score (nSPS) is 13.2. The second kappa shape index (κ2) is 4.30. The number of nitrogens with one attached hydrogen (secondary N) is 1. The Morgan fingerprint density at radius 1 is 1.38 bits per heavy atom. The van der Waals surface area contributed by atoms with Gasteiger partial charge in [0.05, 0.1) is 5.52 Å². The van der Waals surface area contributed by atoms with Crippen LogP contribution in [0.15, 0.2) is 24.3 Å². The molecule has 2 aromatic rings. The molecule has 0 radical (unpaired) electrons. The fourth-order valence-corrected chi connectivity index (χ4v) is 2.29. The van der Waals surface area contributed by atoms with Crippen molar-refractivity contribution >= 4 is 10.9 Å². The molecule has 0 saturated heterocycles. The van der Waals surface area contributed by atoms with Crippen molar-refractivity contribution in [3.63, 3.8) is 0 Å². The van der Waals surface area contributed by atoms with Crippen molar-refractivity contribution in [3.05, 3.63) is 35.5 Å². The molecule has 0 saturated carbocycles. The average molecular weight is 216 g/mol. The summed E-state index contributed by atoms with van der Waals surface area (Å²) in [7, 11) is 4.17. The first-order valence-electron chi connectivity index (χ1n) is 5.84. The Bertz CT molecular complexity index is 497. The number of aromatic nitrogens is 1. The molecule has 1 aromatic heterocycles. The lowest BCUT2D eigenvalue weighted by Gasteiger charge is -2.11. The summed E-state index contributed by atoms with van der Waals surface area (Å²) in [5.41, 5.74) is 4.11. The summed E-state index contributed by atoms with van der Waals surface area (Å²) in [6.45, 7) is 4.39. The molecule has 0 amide bonds. The summed E-state index contributed by atoms with van der Waals surface area (Å²) in [6.07, 6.45) is 1.07. The fourth-order valence-electron chi connectivity index (χ4n) is 2.29. The maximum absolute atomic E-state index is 3.29. The van der Waals surface area contributed by atoms with Crippen molar-refractivity contribution in [1.82, 2.24) is 9.88 Å². The van der Waals surface area contributed by atoms with Crippen LogP contribution in [0.1, 0.15) is 18.2 Å². The van der Waals surface area contributed by atoms with Crippen LogP contribution in [0.5, 0.6) is 0 Å². The highest BCUT2D eigenvalue weighted by molar-refractivity contribution is 5.84. The van der Waals surface area contributed by atoms with Gasteiger partial charge in [0.2, 0.25) is 0 Å². The van der Waals surface area contributed by atoms with Gasteiger partial charge in [0.1, 0.15) is 0 Å². The van der Waals surface area contributed by atoms with Crippen LogP contribution in [0.4, 0.5) is 0 Å².